The zero-order valence-electron chi connectivity index (χ0n) is 11.6. The first-order valence-electron chi connectivity index (χ1n) is 6.11. The fourth-order valence-corrected chi connectivity index (χ4v) is 2.78. The number of halogens is 2. The summed E-state index contributed by atoms with van der Waals surface area (Å²) in [7, 11) is 3.39. The number of thiocarbonyl (C=S) groups is 1. The molecule has 0 fully saturated rings. The highest BCUT2D eigenvalue weighted by Crippen LogP contribution is 2.33. The van der Waals surface area contributed by atoms with Crippen LogP contribution in [0, 0.1) is 5.82 Å². The highest BCUT2D eigenvalue weighted by atomic mass is 79.9. The fourth-order valence-electron chi connectivity index (χ4n) is 1.93. The smallest absolute Gasteiger partial charge is 0.161 e. The molecule has 0 radical (unpaired) electrons. The Morgan fingerprint density at radius 3 is 2.38 bits per heavy atom. The molecule has 2 aromatic carbocycles. The lowest BCUT2D eigenvalue weighted by molar-refractivity contribution is 0.415. The van der Waals surface area contributed by atoms with E-state index >= 15 is 0 Å². The van der Waals surface area contributed by atoms with Crippen LogP contribution in [-0.2, 0) is 0 Å². The second-order valence-electron chi connectivity index (χ2n) is 4.38. The van der Waals surface area contributed by atoms with E-state index in [1.807, 2.05) is 24.3 Å². The summed E-state index contributed by atoms with van der Waals surface area (Å²) in [4.78, 5) is 1.89. The topological polar surface area (TPSA) is 38.5 Å². The van der Waals surface area contributed by atoms with E-state index in [0.717, 1.165) is 11.4 Å². The van der Waals surface area contributed by atoms with Gasteiger partial charge in [0, 0.05) is 18.3 Å². The minimum Gasteiger partial charge on any atom is -0.497 e. The van der Waals surface area contributed by atoms with Crippen LogP contribution in [0.4, 0.5) is 15.8 Å². The molecule has 0 saturated heterocycles. The number of ether oxygens (including phenoxy) is 1. The molecular formula is C15H14BrFN2OS. The number of hydrogen-bond acceptors (Lipinski definition) is 3. The molecule has 0 unspecified atom stereocenters. The summed E-state index contributed by atoms with van der Waals surface area (Å²) in [5.74, 6) is 0.344. The van der Waals surface area contributed by atoms with Gasteiger partial charge in [-0.05, 0) is 52.3 Å². The van der Waals surface area contributed by atoms with Crippen LogP contribution in [0.25, 0.3) is 0 Å². The minimum absolute atomic E-state index is 0.152. The Hall–Kier alpha value is -1.66. The van der Waals surface area contributed by atoms with Crippen molar-refractivity contribution < 1.29 is 9.13 Å². The number of hydrogen-bond donors (Lipinski definition) is 1. The van der Waals surface area contributed by atoms with Gasteiger partial charge in [0.25, 0.3) is 0 Å². The highest BCUT2D eigenvalue weighted by Gasteiger charge is 2.16. The molecule has 3 nitrogen and oxygen atoms in total. The summed E-state index contributed by atoms with van der Waals surface area (Å²) in [5, 5.41) is 0. The van der Waals surface area contributed by atoms with Crippen molar-refractivity contribution in [3.8, 4) is 5.75 Å². The van der Waals surface area contributed by atoms with Crippen LogP contribution in [-0.4, -0.2) is 19.1 Å². The van der Waals surface area contributed by atoms with E-state index in [1.165, 1.54) is 0 Å². The molecule has 2 N–H and O–H groups in total. The van der Waals surface area contributed by atoms with Crippen molar-refractivity contribution in [2.24, 2.45) is 5.73 Å². The van der Waals surface area contributed by atoms with Gasteiger partial charge in [-0.3, -0.25) is 0 Å². The number of nitrogens with zero attached hydrogens (tertiary/aromatic N) is 1. The molecule has 0 aliphatic carbocycles. The molecular weight excluding hydrogens is 355 g/mol. The van der Waals surface area contributed by atoms with E-state index in [2.05, 4.69) is 15.9 Å². The molecule has 110 valence electrons. The van der Waals surface area contributed by atoms with Gasteiger partial charge in [0.05, 0.1) is 17.3 Å². The number of methoxy groups -OCH3 is 1. The summed E-state index contributed by atoms with van der Waals surface area (Å²) < 4.78 is 19.9. The number of nitrogens with two attached hydrogens (primary N) is 1. The van der Waals surface area contributed by atoms with E-state index in [-0.39, 0.29) is 9.46 Å². The lowest BCUT2D eigenvalue weighted by atomic mass is 10.1. The van der Waals surface area contributed by atoms with Crippen LogP contribution in [0.2, 0.25) is 0 Å². The molecule has 0 amide bonds. The summed E-state index contributed by atoms with van der Waals surface area (Å²) in [6.45, 7) is 0. The monoisotopic (exact) mass is 368 g/mol. The van der Waals surface area contributed by atoms with Gasteiger partial charge in [-0.15, -0.1) is 0 Å². The minimum atomic E-state index is -0.404. The first kappa shape index (κ1) is 15.7. The third-order valence-corrected chi connectivity index (χ3v) is 4.14. The van der Waals surface area contributed by atoms with Crippen LogP contribution in [0.15, 0.2) is 40.9 Å². The molecule has 2 aromatic rings. The van der Waals surface area contributed by atoms with Crippen LogP contribution in [0.1, 0.15) is 5.56 Å². The van der Waals surface area contributed by atoms with Crippen molar-refractivity contribution in [3.63, 3.8) is 0 Å². The van der Waals surface area contributed by atoms with Crippen molar-refractivity contribution in [2.75, 3.05) is 19.1 Å². The van der Waals surface area contributed by atoms with Crippen molar-refractivity contribution in [1.82, 2.24) is 0 Å². The number of anilines is 2. The SMILES string of the molecule is COc1ccc(N(C)c2ccc(C(N)=S)c(Br)c2F)cc1. The van der Waals surface area contributed by atoms with Crippen molar-refractivity contribution in [3.05, 3.63) is 52.3 Å². The maximum Gasteiger partial charge on any atom is 0.161 e. The van der Waals surface area contributed by atoms with Crippen LogP contribution in [0.5, 0.6) is 5.75 Å². The molecule has 0 aliphatic heterocycles. The maximum atomic E-state index is 14.5. The van der Waals surface area contributed by atoms with Gasteiger partial charge in [0.2, 0.25) is 0 Å². The molecule has 0 aromatic heterocycles. The fraction of sp³-hybridized carbons (Fsp3) is 0.133. The zero-order chi connectivity index (χ0) is 15.6. The quantitative estimate of drug-likeness (QED) is 0.827. The van der Waals surface area contributed by atoms with Gasteiger partial charge in [0.1, 0.15) is 10.7 Å². The summed E-state index contributed by atoms with van der Waals surface area (Å²) >= 11 is 8.10. The van der Waals surface area contributed by atoms with Crippen molar-refractivity contribution in [1.29, 1.82) is 0 Å². The Morgan fingerprint density at radius 1 is 1.24 bits per heavy atom. The van der Waals surface area contributed by atoms with Crippen molar-refractivity contribution in [2.45, 2.75) is 0 Å². The van der Waals surface area contributed by atoms with E-state index in [1.54, 1.807) is 31.2 Å². The highest BCUT2D eigenvalue weighted by molar-refractivity contribution is 9.10. The molecule has 2 rings (SSSR count). The largest absolute Gasteiger partial charge is 0.497 e. The average molecular weight is 369 g/mol. The van der Waals surface area contributed by atoms with Crippen molar-refractivity contribution >= 4 is 44.5 Å². The van der Waals surface area contributed by atoms with E-state index in [0.29, 0.717) is 11.3 Å². The number of rotatable bonds is 4. The van der Waals surface area contributed by atoms with Crippen LogP contribution in [0.3, 0.4) is 0 Å². The van der Waals surface area contributed by atoms with Gasteiger partial charge >= 0.3 is 0 Å². The third-order valence-electron chi connectivity index (χ3n) is 3.15. The molecule has 0 aliphatic rings. The van der Waals surface area contributed by atoms with E-state index in [9.17, 15) is 4.39 Å². The lowest BCUT2D eigenvalue weighted by Crippen LogP contribution is -2.15. The summed E-state index contributed by atoms with van der Waals surface area (Å²) in [6.07, 6.45) is 0. The molecule has 0 spiro atoms. The Morgan fingerprint density at radius 2 is 1.86 bits per heavy atom. The molecule has 0 bridgehead atoms. The van der Waals surface area contributed by atoms with Crippen LogP contribution < -0.4 is 15.4 Å². The van der Waals surface area contributed by atoms with Gasteiger partial charge in [-0.25, -0.2) is 4.39 Å². The van der Waals surface area contributed by atoms with Crippen LogP contribution >= 0.6 is 28.1 Å². The third kappa shape index (κ3) is 3.16. The second kappa shape index (κ2) is 6.41. The second-order valence-corrected chi connectivity index (χ2v) is 5.61. The molecule has 0 atom stereocenters. The lowest BCUT2D eigenvalue weighted by Gasteiger charge is -2.21. The first-order valence-corrected chi connectivity index (χ1v) is 7.31. The Labute approximate surface area is 136 Å². The van der Waals surface area contributed by atoms with Gasteiger partial charge < -0.3 is 15.4 Å². The molecule has 21 heavy (non-hydrogen) atoms. The van der Waals surface area contributed by atoms with Gasteiger partial charge in [-0.2, -0.15) is 0 Å². The Bertz CT molecular complexity index is 676. The standard InChI is InChI=1S/C15H14BrFN2OS/c1-19(9-3-5-10(20-2)6-4-9)12-8-7-11(15(18)21)13(16)14(12)17/h3-8H,1-2H3,(H2,18,21). The Kier molecular flexibility index (Phi) is 4.80. The number of benzene rings is 2. The van der Waals surface area contributed by atoms with Gasteiger partial charge in [-0.1, -0.05) is 12.2 Å². The molecule has 0 saturated carbocycles. The predicted octanol–water partition coefficient (Wildman–Crippen LogP) is 4.00. The van der Waals surface area contributed by atoms with E-state index < -0.39 is 5.82 Å². The van der Waals surface area contributed by atoms with E-state index in [4.69, 9.17) is 22.7 Å². The summed E-state index contributed by atoms with van der Waals surface area (Å²) in [6, 6.07) is 10.7. The Balaban J connectivity index is 2.41. The molecule has 6 heteroatoms. The normalized spacial score (nSPS) is 10.3. The summed E-state index contributed by atoms with van der Waals surface area (Å²) in [5.41, 5.74) is 7.30. The maximum absolute atomic E-state index is 14.5. The average Bonchev–Trinajstić information content (AvgIpc) is 2.49. The predicted molar refractivity (Wildman–Crippen MR) is 91.0 cm³/mol. The molecule has 0 heterocycles. The zero-order valence-corrected chi connectivity index (χ0v) is 14.0. The first-order chi connectivity index (χ1) is 9.95. The van der Waals surface area contributed by atoms with Gasteiger partial charge in [0.15, 0.2) is 5.82 Å².